The lowest BCUT2D eigenvalue weighted by atomic mass is 9.87. The Bertz CT molecular complexity index is 1570. The molecule has 2 aromatic carbocycles. The van der Waals surface area contributed by atoms with Crippen LogP contribution in [-0.2, 0) is 34.3 Å². The van der Waals surface area contributed by atoms with Gasteiger partial charge in [-0.2, -0.15) is 0 Å². The van der Waals surface area contributed by atoms with Crippen molar-refractivity contribution >= 4 is 35.3 Å². The molecule has 12 nitrogen and oxygen atoms in total. The summed E-state index contributed by atoms with van der Waals surface area (Å²) in [6.07, 6.45) is 1.76. The number of esters is 1. The fourth-order valence-corrected chi connectivity index (χ4v) is 6.50. The molecule has 4 amide bonds. The highest BCUT2D eigenvalue weighted by Gasteiger charge is 2.49. The average Bonchev–Trinajstić information content (AvgIpc) is 3.27. The van der Waals surface area contributed by atoms with Crippen molar-refractivity contribution in [2.24, 2.45) is 11.8 Å². The van der Waals surface area contributed by atoms with Crippen LogP contribution in [0.3, 0.4) is 0 Å². The number of anilines is 1. The number of rotatable bonds is 3. The van der Waals surface area contributed by atoms with Crippen molar-refractivity contribution in [3.8, 4) is 5.75 Å². The molecule has 0 bridgehead atoms. The lowest BCUT2D eigenvalue weighted by Gasteiger charge is -2.35. The number of likely N-dealkylation sites (N-methyl/N-ethyl adjacent to an activating group) is 1. The standard InChI is InChI=1S/C36H46N4O8/c1-20-15-21(2)17-23(4)48-31(42)18-29(25-11-13-26(41)14-12-25)38-33(44)30(40(6)34(45)24(5)37-32(43)22(3)16-20)19-36(47)27-9-7-8-10-28(27)39-35(36)46/h7-15,21-24,29-30,41,47H,16-19H2,1-6H3,(H,37,43)(H,38,44)(H,39,46)/b20-15+/t21-,22-,23-,24?,29+,30+,36-/m0/s1. The number of carbonyl (C=O) groups is 5. The van der Waals surface area contributed by atoms with Gasteiger partial charge in [0.1, 0.15) is 17.8 Å². The molecule has 12 heteroatoms. The van der Waals surface area contributed by atoms with Gasteiger partial charge in [0.2, 0.25) is 17.7 Å². The van der Waals surface area contributed by atoms with Crippen LogP contribution >= 0.6 is 0 Å². The predicted molar refractivity (Wildman–Crippen MR) is 178 cm³/mol. The normalized spacial score (nSPS) is 30.8. The zero-order valence-electron chi connectivity index (χ0n) is 28.3. The van der Waals surface area contributed by atoms with E-state index in [2.05, 4.69) is 16.0 Å². The van der Waals surface area contributed by atoms with Crippen LogP contribution in [-0.4, -0.2) is 69.9 Å². The van der Waals surface area contributed by atoms with Crippen LogP contribution in [0.2, 0.25) is 0 Å². The molecular formula is C36H46N4O8. The molecule has 2 aromatic rings. The maximum absolute atomic E-state index is 14.2. The van der Waals surface area contributed by atoms with E-state index in [0.29, 0.717) is 24.1 Å². The fraction of sp³-hybridized carbons (Fsp3) is 0.472. The van der Waals surface area contributed by atoms with Crippen LogP contribution in [0.15, 0.2) is 60.2 Å². The second kappa shape index (κ2) is 15.0. The third kappa shape index (κ3) is 8.41. The van der Waals surface area contributed by atoms with Crippen LogP contribution in [0.4, 0.5) is 5.69 Å². The van der Waals surface area contributed by atoms with Gasteiger partial charge in [0.05, 0.1) is 18.6 Å². The van der Waals surface area contributed by atoms with Gasteiger partial charge in [-0.15, -0.1) is 0 Å². The van der Waals surface area contributed by atoms with Crippen molar-refractivity contribution in [2.75, 3.05) is 12.4 Å². The number of nitrogens with one attached hydrogen (secondary N) is 3. The molecule has 2 aliphatic heterocycles. The number of para-hydroxylation sites is 1. The molecule has 5 N–H and O–H groups in total. The molecule has 2 heterocycles. The van der Waals surface area contributed by atoms with E-state index in [0.717, 1.165) is 10.5 Å². The number of aromatic hydroxyl groups is 1. The van der Waals surface area contributed by atoms with Gasteiger partial charge in [-0.05, 0) is 63.3 Å². The van der Waals surface area contributed by atoms with E-state index >= 15 is 0 Å². The largest absolute Gasteiger partial charge is 0.508 e. The number of fused-ring (bicyclic) bond motifs is 1. The first-order chi connectivity index (χ1) is 22.6. The summed E-state index contributed by atoms with van der Waals surface area (Å²) < 4.78 is 5.74. The summed E-state index contributed by atoms with van der Waals surface area (Å²) in [5, 5.41) is 29.9. The molecule has 0 saturated heterocycles. The van der Waals surface area contributed by atoms with Crippen molar-refractivity contribution in [1.29, 1.82) is 0 Å². The highest BCUT2D eigenvalue weighted by Crippen LogP contribution is 2.40. The third-order valence-corrected chi connectivity index (χ3v) is 9.00. The van der Waals surface area contributed by atoms with Gasteiger partial charge >= 0.3 is 5.97 Å². The summed E-state index contributed by atoms with van der Waals surface area (Å²) >= 11 is 0. The predicted octanol–water partition coefficient (Wildman–Crippen LogP) is 3.45. The van der Waals surface area contributed by atoms with Gasteiger partial charge in [-0.1, -0.05) is 55.8 Å². The SMILES string of the molecule is C/C1=C\[C@H](C)C[C@H](C)OC(=O)C[C@H](c2ccc(O)cc2)NC(=O)[C@@H](C[C@@]2(O)C(=O)Nc3ccccc32)N(C)C(=O)C(C)NC(=O)[C@@H](C)C1. The molecule has 0 aromatic heterocycles. The number of nitrogens with zero attached hydrogens (tertiary/aromatic N) is 1. The molecule has 258 valence electrons. The highest BCUT2D eigenvalue weighted by atomic mass is 16.5. The minimum absolute atomic E-state index is 0.0172. The van der Waals surface area contributed by atoms with E-state index in [4.69, 9.17) is 4.74 Å². The Balaban J connectivity index is 1.74. The first-order valence-electron chi connectivity index (χ1n) is 16.3. The van der Waals surface area contributed by atoms with Crippen LogP contribution in [0, 0.1) is 11.8 Å². The van der Waals surface area contributed by atoms with Crippen molar-refractivity contribution in [3.05, 3.63) is 71.3 Å². The van der Waals surface area contributed by atoms with E-state index in [9.17, 15) is 34.2 Å². The maximum atomic E-state index is 14.2. The molecule has 7 atom stereocenters. The zero-order valence-corrected chi connectivity index (χ0v) is 28.3. The van der Waals surface area contributed by atoms with Gasteiger partial charge < -0.3 is 35.8 Å². The second-order valence-corrected chi connectivity index (χ2v) is 13.2. The first kappa shape index (κ1) is 36.1. The molecular weight excluding hydrogens is 616 g/mol. The lowest BCUT2D eigenvalue weighted by molar-refractivity contribution is -0.150. The number of phenolic OH excluding ortho intramolecular Hbond substituents is 1. The molecule has 1 unspecified atom stereocenters. The summed E-state index contributed by atoms with van der Waals surface area (Å²) in [6.45, 7) is 8.97. The van der Waals surface area contributed by atoms with E-state index in [1.807, 2.05) is 19.9 Å². The minimum atomic E-state index is -2.17. The minimum Gasteiger partial charge on any atom is -0.508 e. The number of cyclic esters (lactones) is 1. The van der Waals surface area contributed by atoms with Gasteiger partial charge in [0.15, 0.2) is 5.60 Å². The summed E-state index contributed by atoms with van der Waals surface area (Å²) in [6, 6.07) is 9.03. The molecule has 0 fully saturated rings. The van der Waals surface area contributed by atoms with Crippen LogP contribution in [0.1, 0.15) is 77.5 Å². The number of amides is 4. The quantitative estimate of drug-likeness (QED) is 0.246. The van der Waals surface area contributed by atoms with Crippen LogP contribution in [0.5, 0.6) is 5.75 Å². The van der Waals surface area contributed by atoms with Crippen molar-refractivity contribution in [1.82, 2.24) is 15.5 Å². The molecule has 0 aliphatic carbocycles. The average molecular weight is 663 g/mol. The fourth-order valence-electron chi connectivity index (χ4n) is 6.50. The monoisotopic (exact) mass is 662 g/mol. The lowest BCUT2D eigenvalue weighted by Crippen LogP contribution is -2.56. The van der Waals surface area contributed by atoms with E-state index in [-0.39, 0.29) is 29.6 Å². The highest BCUT2D eigenvalue weighted by molar-refractivity contribution is 6.05. The molecule has 4 rings (SSSR count). The molecule has 0 radical (unpaired) electrons. The Hall–Kier alpha value is -4.71. The van der Waals surface area contributed by atoms with Gasteiger partial charge in [-0.3, -0.25) is 24.0 Å². The van der Waals surface area contributed by atoms with E-state index in [1.165, 1.54) is 26.1 Å². The van der Waals surface area contributed by atoms with Gasteiger partial charge in [0.25, 0.3) is 5.91 Å². The van der Waals surface area contributed by atoms with Crippen LogP contribution in [0.25, 0.3) is 0 Å². The van der Waals surface area contributed by atoms with Crippen molar-refractivity contribution in [3.63, 3.8) is 0 Å². The Labute approximate surface area is 280 Å². The van der Waals surface area contributed by atoms with E-state index < -0.39 is 65.9 Å². The summed E-state index contributed by atoms with van der Waals surface area (Å²) in [5.74, 6) is -3.50. The Morgan fingerprint density at radius 3 is 2.27 bits per heavy atom. The Morgan fingerprint density at radius 1 is 0.917 bits per heavy atom. The van der Waals surface area contributed by atoms with Crippen molar-refractivity contribution < 1.29 is 38.9 Å². The number of carbonyl (C=O) groups excluding carboxylic acids is 5. The van der Waals surface area contributed by atoms with Crippen LogP contribution < -0.4 is 16.0 Å². The number of allylic oxidation sites excluding steroid dienone is 2. The number of phenols is 1. The second-order valence-electron chi connectivity index (χ2n) is 13.2. The zero-order chi connectivity index (χ0) is 35.3. The van der Waals surface area contributed by atoms with E-state index in [1.54, 1.807) is 50.2 Å². The summed E-state index contributed by atoms with van der Waals surface area (Å²) in [4.78, 5) is 68.7. The molecule has 0 saturated carbocycles. The number of hydrogen-bond donors (Lipinski definition) is 5. The van der Waals surface area contributed by atoms with Crippen molar-refractivity contribution in [2.45, 2.75) is 90.1 Å². The number of ether oxygens (including phenoxy) is 1. The molecule has 2 aliphatic rings. The maximum Gasteiger partial charge on any atom is 0.308 e. The smallest absolute Gasteiger partial charge is 0.308 e. The summed E-state index contributed by atoms with van der Waals surface area (Å²) in [7, 11) is 1.36. The van der Waals surface area contributed by atoms with Gasteiger partial charge in [-0.25, -0.2) is 0 Å². The van der Waals surface area contributed by atoms with Gasteiger partial charge in [0, 0.05) is 30.6 Å². The number of hydrogen-bond acceptors (Lipinski definition) is 8. The third-order valence-electron chi connectivity index (χ3n) is 9.00. The summed E-state index contributed by atoms with van der Waals surface area (Å²) in [5.41, 5.74) is -0.0917. The Kier molecular flexibility index (Phi) is 11.3. The molecule has 48 heavy (non-hydrogen) atoms. The molecule has 0 spiro atoms. The first-order valence-corrected chi connectivity index (χ1v) is 16.3. The Morgan fingerprint density at radius 2 is 1.58 bits per heavy atom. The number of benzene rings is 2. The number of aliphatic hydroxyl groups is 1. The topological polar surface area (TPSA) is 174 Å².